The highest BCUT2D eigenvalue weighted by molar-refractivity contribution is 5.78. The molecular formula is C18H18FNO3. The van der Waals surface area contributed by atoms with E-state index in [-0.39, 0.29) is 30.0 Å². The number of benzene rings is 2. The number of amides is 1. The minimum atomic E-state index is -0.254. The second kappa shape index (κ2) is 6.69. The fourth-order valence-electron chi connectivity index (χ4n) is 2.80. The number of nitrogens with zero attached hydrogens (tertiary/aromatic N) is 1. The van der Waals surface area contributed by atoms with Gasteiger partial charge in [0.05, 0.1) is 0 Å². The van der Waals surface area contributed by atoms with Crippen LogP contribution in [-0.4, -0.2) is 35.6 Å². The maximum Gasteiger partial charge on any atom is 0.260 e. The molecule has 1 saturated heterocycles. The Labute approximate surface area is 134 Å². The van der Waals surface area contributed by atoms with E-state index in [1.807, 2.05) is 0 Å². The number of carbonyl (C=O) groups excluding carboxylic acids is 1. The molecule has 1 aliphatic rings. The van der Waals surface area contributed by atoms with Crippen LogP contribution in [0.4, 0.5) is 4.39 Å². The molecule has 1 aliphatic heterocycles. The number of ether oxygens (including phenoxy) is 1. The van der Waals surface area contributed by atoms with Gasteiger partial charge in [-0.25, -0.2) is 4.39 Å². The van der Waals surface area contributed by atoms with Crippen LogP contribution in [0.1, 0.15) is 17.9 Å². The molecule has 0 spiro atoms. The van der Waals surface area contributed by atoms with Crippen molar-refractivity contribution in [2.24, 2.45) is 0 Å². The predicted octanol–water partition coefficient (Wildman–Crippen LogP) is 2.93. The van der Waals surface area contributed by atoms with Crippen LogP contribution in [0.15, 0.2) is 48.5 Å². The standard InChI is InChI=1S/C18H18FNO3/c19-15-7-5-13(6-8-15)14-9-10-20(11-14)18(22)12-23-17-4-2-1-3-16(17)21/h1-8,14,21H,9-12H2/t14-/m0/s1. The summed E-state index contributed by atoms with van der Waals surface area (Å²) in [4.78, 5) is 14.0. The fourth-order valence-corrected chi connectivity index (χ4v) is 2.80. The van der Waals surface area contributed by atoms with Crippen LogP contribution in [-0.2, 0) is 4.79 Å². The maximum absolute atomic E-state index is 13.0. The van der Waals surface area contributed by atoms with Crippen molar-refractivity contribution in [3.05, 3.63) is 59.9 Å². The third-order valence-corrected chi connectivity index (χ3v) is 4.10. The number of phenols is 1. The molecule has 0 radical (unpaired) electrons. The molecule has 0 aliphatic carbocycles. The van der Waals surface area contributed by atoms with Gasteiger partial charge in [-0.15, -0.1) is 0 Å². The lowest BCUT2D eigenvalue weighted by atomic mass is 9.99. The quantitative estimate of drug-likeness (QED) is 0.944. The van der Waals surface area contributed by atoms with Crippen LogP contribution in [0, 0.1) is 5.82 Å². The summed E-state index contributed by atoms with van der Waals surface area (Å²) in [5, 5.41) is 9.62. The molecule has 5 heteroatoms. The molecule has 2 aromatic rings. The summed E-state index contributed by atoms with van der Waals surface area (Å²) in [6, 6.07) is 13.0. The number of phenolic OH excluding ortho intramolecular Hbond substituents is 1. The number of rotatable bonds is 4. The van der Waals surface area contributed by atoms with Crippen molar-refractivity contribution in [2.75, 3.05) is 19.7 Å². The normalized spacial score (nSPS) is 17.3. The van der Waals surface area contributed by atoms with Gasteiger partial charge in [0, 0.05) is 19.0 Å². The van der Waals surface area contributed by atoms with Gasteiger partial charge in [-0.2, -0.15) is 0 Å². The molecule has 2 aromatic carbocycles. The molecule has 0 aromatic heterocycles. The van der Waals surface area contributed by atoms with Crippen molar-refractivity contribution in [1.29, 1.82) is 0 Å². The van der Waals surface area contributed by atoms with Crippen LogP contribution in [0.25, 0.3) is 0 Å². The van der Waals surface area contributed by atoms with Crippen molar-refractivity contribution >= 4 is 5.91 Å². The first-order valence-electron chi connectivity index (χ1n) is 7.57. The van der Waals surface area contributed by atoms with E-state index in [4.69, 9.17) is 4.74 Å². The molecule has 1 N–H and O–H groups in total. The Kier molecular flexibility index (Phi) is 4.46. The minimum Gasteiger partial charge on any atom is -0.504 e. The number of halogens is 1. The van der Waals surface area contributed by atoms with E-state index in [9.17, 15) is 14.3 Å². The Hall–Kier alpha value is -2.56. The Balaban J connectivity index is 1.55. The van der Waals surface area contributed by atoms with Gasteiger partial charge in [0.25, 0.3) is 5.91 Å². The smallest absolute Gasteiger partial charge is 0.260 e. The van der Waals surface area contributed by atoms with Crippen LogP contribution < -0.4 is 4.74 Å². The van der Waals surface area contributed by atoms with Gasteiger partial charge < -0.3 is 14.7 Å². The van der Waals surface area contributed by atoms with Gasteiger partial charge in [-0.3, -0.25) is 4.79 Å². The monoisotopic (exact) mass is 315 g/mol. The third kappa shape index (κ3) is 3.62. The van der Waals surface area contributed by atoms with Gasteiger partial charge in [-0.1, -0.05) is 24.3 Å². The Bertz CT molecular complexity index is 687. The van der Waals surface area contributed by atoms with Crippen LogP contribution >= 0.6 is 0 Å². The number of hydrogen-bond donors (Lipinski definition) is 1. The highest BCUT2D eigenvalue weighted by Crippen LogP contribution is 2.28. The molecule has 1 heterocycles. The zero-order chi connectivity index (χ0) is 16.2. The second-order valence-corrected chi connectivity index (χ2v) is 5.63. The predicted molar refractivity (Wildman–Crippen MR) is 83.9 cm³/mol. The van der Waals surface area contributed by atoms with Gasteiger partial charge in [0.2, 0.25) is 0 Å². The molecule has 0 bridgehead atoms. The number of aromatic hydroxyl groups is 1. The van der Waals surface area contributed by atoms with Crippen LogP contribution in [0.2, 0.25) is 0 Å². The van der Waals surface area contributed by atoms with E-state index in [1.54, 1.807) is 35.2 Å². The summed E-state index contributed by atoms with van der Waals surface area (Å²) in [6.07, 6.45) is 0.855. The lowest BCUT2D eigenvalue weighted by Gasteiger charge is -2.17. The van der Waals surface area contributed by atoms with E-state index in [0.29, 0.717) is 18.8 Å². The molecule has 0 unspecified atom stereocenters. The number of likely N-dealkylation sites (tertiary alicyclic amines) is 1. The summed E-state index contributed by atoms with van der Waals surface area (Å²) in [5.74, 6) is 0.180. The Morgan fingerprint density at radius 1 is 1.22 bits per heavy atom. The molecule has 1 fully saturated rings. The molecule has 0 saturated carbocycles. The maximum atomic E-state index is 13.0. The van der Waals surface area contributed by atoms with Crippen molar-refractivity contribution in [3.8, 4) is 11.5 Å². The van der Waals surface area contributed by atoms with Crippen molar-refractivity contribution in [1.82, 2.24) is 4.90 Å². The average Bonchev–Trinajstić information content (AvgIpc) is 3.04. The SMILES string of the molecule is O=C(COc1ccccc1O)N1CC[C@H](c2ccc(F)cc2)C1. The number of carbonyl (C=O) groups is 1. The van der Waals surface area contributed by atoms with E-state index in [1.165, 1.54) is 18.2 Å². The first-order valence-corrected chi connectivity index (χ1v) is 7.57. The second-order valence-electron chi connectivity index (χ2n) is 5.63. The summed E-state index contributed by atoms with van der Waals surface area (Å²) in [5.41, 5.74) is 1.04. The Morgan fingerprint density at radius 3 is 2.70 bits per heavy atom. The highest BCUT2D eigenvalue weighted by atomic mass is 19.1. The summed E-state index contributed by atoms with van der Waals surface area (Å²) in [6.45, 7) is 1.16. The van der Waals surface area contributed by atoms with Crippen molar-refractivity contribution < 1.29 is 19.0 Å². The molecule has 23 heavy (non-hydrogen) atoms. The lowest BCUT2D eigenvalue weighted by Crippen LogP contribution is -2.32. The number of hydrogen-bond acceptors (Lipinski definition) is 3. The van der Waals surface area contributed by atoms with Gasteiger partial charge in [0.1, 0.15) is 5.82 Å². The first-order chi connectivity index (χ1) is 11.1. The largest absolute Gasteiger partial charge is 0.504 e. The third-order valence-electron chi connectivity index (χ3n) is 4.10. The lowest BCUT2D eigenvalue weighted by molar-refractivity contribution is -0.132. The van der Waals surface area contributed by atoms with Gasteiger partial charge in [-0.05, 0) is 36.2 Å². The first kappa shape index (κ1) is 15.3. The minimum absolute atomic E-state index is 0.0194. The summed E-state index contributed by atoms with van der Waals surface area (Å²) in [7, 11) is 0. The molecule has 120 valence electrons. The molecule has 3 rings (SSSR count). The zero-order valence-electron chi connectivity index (χ0n) is 12.6. The number of para-hydroxylation sites is 2. The highest BCUT2D eigenvalue weighted by Gasteiger charge is 2.27. The molecule has 1 atom stereocenters. The molecule has 4 nitrogen and oxygen atoms in total. The van der Waals surface area contributed by atoms with Crippen LogP contribution in [0.5, 0.6) is 11.5 Å². The topological polar surface area (TPSA) is 49.8 Å². The fraction of sp³-hybridized carbons (Fsp3) is 0.278. The van der Waals surface area contributed by atoms with Gasteiger partial charge >= 0.3 is 0 Å². The Morgan fingerprint density at radius 2 is 1.96 bits per heavy atom. The molecule has 1 amide bonds. The van der Waals surface area contributed by atoms with Crippen molar-refractivity contribution in [3.63, 3.8) is 0 Å². The average molecular weight is 315 g/mol. The summed E-state index contributed by atoms with van der Waals surface area (Å²) < 4.78 is 18.3. The summed E-state index contributed by atoms with van der Waals surface area (Å²) >= 11 is 0. The van der Waals surface area contributed by atoms with Crippen LogP contribution in [0.3, 0.4) is 0 Å². The zero-order valence-corrected chi connectivity index (χ0v) is 12.6. The van der Waals surface area contributed by atoms with E-state index in [0.717, 1.165) is 12.0 Å². The van der Waals surface area contributed by atoms with E-state index < -0.39 is 0 Å². The van der Waals surface area contributed by atoms with Crippen molar-refractivity contribution in [2.45, 2.75) is 12.3 Å². The van der Waals surface area contributed by atoms with Gasteiger partial charge in [0.15, 0.2) is 18.1 Å². The van der Waals surface area contributed by atoms with E-state index >= 15 is 0 Å². The molecular weight excluding hydrogens is 297 g/mol. The van der Waals surface area contributed by atoms with E-state index in [2.05, 4.69) is 0 Å².